The van der Waals surface area contributed by atoms with Crippen molar-refractivity contribution in [1.82, 2.24) is 4.90 Å². The van der Waals surface area contributed by atoms with E-state index < -0.39 is 0 Å². The maximum absolute atomic E-state index is 11.2. The summed E-state index contributed by atoms with van der Waals surface area (Å²) in [5.74, 6) is 2.01. The summed E-state index contributed by atoms with van der Waals surface area (Å²) in [5, 5.41) is 0. The summed E-state index contributed by atoms with van der Waals surface area (Å²) in [4.78, 5) is 13.2. The van der Waals surface area contributed by atoms with Gasteiger partial charge in [0.1, 0.15) is 0 Å². The Bertz CT molecular complexity index is 231. The molecule has 1 spiro atoms. The summed E-state index contributed by atoms with van der Waals surface area (Å²) in [5.41, 5.74) is 0.478. The lowest BCUT2D eigenvalue weighted by molar-refractivity contribution is -0.131. The number of amides is 1. The SMILES string of the molecule is CC(=O)N1CCCC2(CC2CS)C1. The van der Waals surface area contributed by atoms with Gasteiger partial charge in [0.2, 0.25) is 5.91 Å². The van der Waals surface area contributed by atoms with Crippen LogP contribution in [0.15, 0.2) is 0 Å². The third-order valence-corrected chi connectivity index (χ3v) is 4.07. The first-order valence-electron chi connectivity index (χ1n) is 5.04. The van der Waals surface area contributed by atoms with Crippen LogP contribution in [0.3, 0.4) is 0 Å². The zero-order valence-electron chi connectivity index (χ0n) is 8.12. The molecule has 0 aromatic rings. The van der Waals surface area contributed by atoms with Crippen molar-refractivity contribution < 1.29 is 4.79 Å². The lowest BCUT2D eigenvalue weighted by Crippen LogP contribution is -2.40. The fraction of sp³-hybridized carbons (Fsp3) is 0.900. The molecule has 0 radical (unpaired) electrons. The van der Waals surface area contributed by atoms with Crippen molar-refractivity contribution in [3.8, 4) is 0 Å². The Hall–Kier alpha value is -0.180. The molecule has 74 valence electrons. The summed E-state index contributed by atoms with van der Waals surface area (Å²) in [6.07, 6.45) is 3.78. The molecular formula is C10H17NOS. The van der Waals surface area contributed by atoms with Crippen LogP contribution in [0.1, 0.15) is 26.2 Å². The summed E-state index contributed by atoms with van der Waals surface area (Å²) < 4.78 is 0. The van der Waals surface area contributed by atoms with Crippen molar-refractivity contribution in [2.45, 2.75) is 26.2 Å². The van der Waals surface area contributed by atoms with E-state index in [0.29, 0.717) is 5.41 Å². The largest absolute Gasteiger partial charge is 0.342 e. The molecule has 2 rings (SSSR count). The molecule has 1 amide bonds. The highest BCUT2D eigenvalue weighted by Gasteiger charge is 2.54. The average molecular weight is 199 g/mol. The second kappa shape index (κ2) is 3.19. The van der Waals surface area contributed by atoms with Gasteiger partial charge in [-0.3, -0.25) is 4.79 Å². The Morgan fingerprint density at radius 3 is 3.00 bits per heavy atom. The van der Waals surface area contributed by atoms with E-state index in [1.165, 1.54) is 19.3 Å². The second-order valence-corrected chi connectivity index (χ2v) is 4.86. The molecule has 3 heteroatoms. The van der Waals surface area contributed by atoms with Gasteiger partial charge in [-0.1, -0.05) is 0 Å². The van der Waals surface area contributed by atoms with Crippen LogP contribution in [0.4, 0.5) is 0 Å². The highest BCUT2D eigenvalue weighted by molar-refractivity contribution is 7.80. The number of carbonyl (C=O) groups is 1. The van der Waals surface area contributed by atoms with E-state index in [1.54, 1.807) is 6.92 Å². The van der Waals surface area contributed by atoms with Crippen molar-refractivity contribution in [3.63, 3.8) is 0 Å². The minimum Gasteiger partial charge on any atom is -0.342 e. The van der Waals surface area contributed by atoms with E-state index in [2.05, 4.69) is 12.6 Å². The Morgan fingerprint density at radius 2 is 2.46 bits per heavy atom. The van der Waals surface area contributed by atoms with Crippen LogP contribution < -0.4 is 0 Å². The average Bonchev–Trinajstić information content (AvgIpc) is 2.78. The smallest absolute Gasteiger partial charge is 0.219 e. The summed E-state index contributed by atoms with van der Waals surface area (Å²) in [7, 11) is 0. The molecule has 2 nitrogen and oxygen atoms in total. The van der Waals surface area contributed by atoms with E-state index in [9.17, 15) is 4.79 Å². The van der Waals surface area contributed by atoms with Gasteiger partial charge in [0.05, 0.1) is 0 Å². The zero-order chi connectivity index (χ0) is 9.47. The van der Waals surface area contributed by atoms with Crippen molar-refractivity contribution in [3.05, 3.63) is 0 Å². The Balaban J connectivity index is 1.98. The van der Waals surface area contributed by atoms with Crippen molar-refractivity contribution in [2.75, 3.05) is 18.8 Å². The molecule has 1 aliphatic carbocycles. The molecule has 1 heterocycles. The maximum atomic E-state index is 11.2. The fourth-order valence-corrected chi connectivity index (χ4v) is 3.14. The molecule has 0 N–H and O–H groups in total. The number of thiol groups is 1. The minimum atomic E-state index is 0.240. The topological polar surface area (TPSA) is 20.3 Å². The number of nitrogens with zero attached hydrogens (tertiary/aromatic N) is 1. The van der Waals surface area contributed by atoms with E-state index in [4.69, 9.17) is 0 Å². The van der Waals surface area contributed by atoms with Gasteiger partial charge >= 0.3 is 0 Å². The normalized spacial score (nSPS) is 38.0. The molecule has 2 unspecified atom stereocenters. The number of hydrogen-bond acceptors (Lipinski definition) is 2. The van der Waals surface area contributed by atoms with Gasteiger partial charge in [-0.25, -0.2) is 0 Å². The number of hydrogen-bond donors (Lipinski definition) is 1. The van der Waals surface area contributed by atoms with Crippen LogP contribution in [0, 0.1) is 11.3 Å². The van der Waals surface area contributed by atoms with Gasteiger partial charge in [0.15, 0.2) is 0 Å². The molecule has 1 aliphatic heterocycles. The fourth-order valence-electron chi connectivity index (χ4n) is 2.62. The standard InChI is InChI=1S/C10H17NOS/c1-8(12)11-4-2-3-10(7-11)5-9(10)6-13/h9,13H,2-7H2,1H3. The maximum Gasteiger partial charge on any atom is 0.219 e. The van der Waals surface area contributed by atoms with Gasteiger partial charge in [-0.2, -0.15) is 12.6 Å². The third kappa shape index (κ3) is 1.58. The number of rotatable bonds is 1. The van der Waals surface area contributed by atoms with Crippen LogP contribution in [-0.4, -0.2) is 29.6 Å². The molecule has 1 saturated carbocycles. The van der Waals surface area contributed by atoms with E-state index in [1.807, 2.05) is 4.90 Å². The van der Waals surface area contributed by atoms with Crippen molar-refractivity contribution >= 4 is 18.5 Å². The molecule has 0 aromatic heterocycles. The summed E-state index contributed by atoms with van der Waals surface area (Å²) in [6.45, 7) is 3.64. The van der Waals surface area contributed by atoms with E-state index >= 15 is 0 Å². The predicted octanol–water partition coefficient (Wildman–Crippen LogP) is 1.56. The van der Waals surface area contributed by atoms with Crippen molar-refractivity contribution in [1.29, 1.82) is 0 Å². The number of carbonyl (C=O) groups excluding carboxylic acids is 1. The molecule has 2 atom stereocenters. The van der Waals surface area contributed by atoms with Crippen LogP contribution in [0.2, 0.25) is 0 Å². The van der Waals surface area contributed by atoms with Crippen LogP contribution in [-0.2, 0) is 4.79 Å². The third-order valence-electron chi connectivity index (χ3n) is 3.63. The van der Waals surface area contributed by atoms with E-state index in [0.717, 1.165) is 24.8 Å². The zero-order valence-corrected chi connectivity index (χ0v) is 9.02. The Labute approximate surface area is 85.1 Å². The Morgan fingerprint density at radius 1 is 1.69 bits per heavy atom. The first-order valence-corrected chi connectivity index (χ1v) is 5.67. The van der Waals surface area contributed by atoms with Crippen molar-refractivity contribution in [2.24, 2.45) is 11.3 Å². The second-order valence-electron chi connectivity index (χ2n) is 4.49. The van der Waals surface area contributed by atoms with Crippen LogP contribution >= 0.6 is 12.6 Å². The Kier molecular flexibility index (Phi) is 2.30. The molecule has 1 saturated heterocycles. The summed E-state index contributed by atoms with van der Waals surface area (Å²) in [6, 6.07) is 0. The summed E-state index contributed by atoms with van der Waals surface area (Å²) >= 11 is 4.34. The minimum absolute atomic E-state index is 0.240. The molecule has 2 fully saturated rings. The monoisotopic (exact) mass is 199 g/mol. The number of likely N-dealkylation sites (tertiary alicyclic amines) is 1. The molecule has 2 aliphatic rings. The van der Waals surface area contributed by atoms with Gasteiger partial charge < -0.3 is 4.90 Å². The number of piperidine rings is 1. The first-order chi connectivity index (χ1) is 6.18. The van der Waals surface area contributed by atoms with Gasteiger partial charge in [0, 0.05) is 20.0 Å². The molecule has 0 bridgehead atoms. The molecular weight excluding hydrogens is 182 g/mol. The molecule has 13 heavy (non-hydrogen) atoms. The molecule has 0 aromatic carbocycles. The lowest BCUT2D eigenvalue weighted by Gasteiger charge is -2.33. The first kappa shape index (κ1) is 9.38. The van der Waals surface area contributed by atoms with Gasteiger partial charge in [-0.05, 0) is 36.3 Å². The highest BCUT2D eigenvalue weighted by Crippen LogP contribution is 2.58. The van der Waals surface area contributed by atoms with Crippen LogP contribution in [0.5, 0.6) is 0 Å². The highest BCUT2D eigenvalue weighted by atomic mass is 32.1. The lowest BCUT2D eigenvalue weighted by atomic mass is 9.92. The van der Waals surface area contributed by atoms with Gasteiger partial charge in [-0.15, -0.1) is 0 Å². The quantitative estimate of drug-likeness (QED) is 0.636. The van der Waals surface area contributed by atoms with Gasteiger partial charge in [0.25, 0.3) is 0 Å². The van der Waals surface area contributed by atoms with Crippen LogP contribution in [0.25, 0.3) is 0 Å². The predicted molar refractivity (Wildman–Crippen MR) is 55.9 cm³/mol. The van der Waals surface area contributed by atoms with E-state index in [-0.39, 0.29) is 5.91 Å².